The Morgan fingerprint density at radius 1 is 1.04 bits per heavy atom. The summed E-state index contributed by atoms with van der Waals surface area (Å²) in [4.78, 5) is 48.2. The Bertz CT molecular complexity index is 1200. The molecule has 0 aliphatic heterocycles. The molecule has 1 aliphatic rings. The summed E-state index contributed by atoms with van der Waals surface area (Å²) < 4.78 is 0. The van der Waals surface area contributed by atoms with Gasteiger partial charge in [-0.2, -0.15) is 0 Å². The Kier molecular flexibility index (Phi) is 14.0. The van der Waals surface area contributed by atoms with Crippen molar-refractivity contribution in [1.29, 1.82) is 0 Å². The van der Waals surface area contributed by atoms with E-state index in [-0.39, 0.29) is 36.4 Å². The van der Waals surface area contributed by atoms with Crippen LogP contribution in [0.5, 0.6) is 0 Å². The average molecular weight is 621 g/mol. The molecule has 5 atom stereocenters. The minimum absolute atomic E-state index is 0.00857. The maximum absolute atomic E-state index is 14.1. The normalized spacial score (nSPS) is 17.6. The standard InChI is InChI=1S/C37H56N4O4/c1-7-28(25(2)3)20-33(42)31(19-27-16-12-9-13-17-27)40-36(45)32(22-30-23-38-24-39-30)41-35(44)29(21-34(43)37(4,5)6)18-26-14-10-8-11-15-26/h7-8,10-11,14-15,23-25,27-29,31-33,42H,1,9,12-13,16-22H2,2-6H3,(H,38,39)(H,40,45)(H,41,44)/t28-,29+,31-,32-,33-/m0/s1. The number of nitrogens with one attached hydrogen (secondary N) is 3. The van der Waals surface area contributed by atoms with Crippen LogP contribution in [0.25, 0.3) is 0 Å². The molecule has 0 bridgehead atoms. The Balaban J connectivity index is 1.85. The maximum Gasteiger partial charge on any atom is 0.243 e. The van der Waals surface area contributed by atoms with Gasteiger partial charge >= 0.3 is 0 Å². The van der Waals surface area contributed by atoms with Gasteiger partial charge in [0, 0.05) is 36.1 Å². The zero-order valence-electron chi connectivity index (χ0n) is 28.1. The van der Waals surface area contributed by atoms with Gasteiger partial charge in [-0.1, -0.05) is 103 Å². The number of hydrogen-bond donors (Lipinski definition) is 4. The molecular weight excluding hydrogens is 564 g/mol. The van der Waals surface area contributed by atoms with E-state index in [9.17, 15) is 19.5 Å². The lowest BCUT2D eigenvalue weighted by molar-refractivity contribution is -0.135. The number of H-pyrrole nitrogens is 1. The van der Waals surface area contributed by atoms with E-state index < -0.39 is 29.5 Å². The van der Waals surface area contributed by atoms with Crippen LogP contribution in [0.4, 0.5) is 0 Å². The number of carbonyl (C=O) groups excluding carboxylic acids is 3. The van der Waals surface area contributed by atoms with Crippen molar-refractivity contribution in [2.75, 3.05) is 0 Å². The van der Waals surface area contributed by atoms with Gasteiger partial charge in [-0.15, -0.1) is 6.58 Å². The summed E-state index contributed by atoms with van der Waals surface area (Å²) in [6.07, 6.45) is 11.9. The van der Waals surface area contributed by atoms with Crippen molar-refractivity contribution >= 4 is 17.6 Å². The van der Waals surface area contributed by atoms with Gasteiger partial charge in [-0.05, 0) is 42.6 Å². The Morgan fingerprint density at radius 2 is 1.73 bits per heavy atom. The van der Waals surface area contributed by atoms with Gasteiger partial charge in [0.15, 0.2) is 0 Å². The van der Waals surface area contributed by atoms with Crippen molar-refractivity contribution in [3.05, 3.63) is 66.8 Å². The summed E-state index contributed by atoms with van der Waals surface area (Å²) in [5.41, 5.74) is 1.06. The number of amides is 2. The molecule has 1 aromatic carbocycles. The molecule has 1 aromatic heterocycles. The molecule has 0 saturated heterocycles. The summed E-state index contributed by atoms with van der Waals surface area (Å²) in [6, 6.07) is 8.27. The van der Waals surface area contributed by atoms with Gasteiger partial charge in [0.25, 0.3) is 0 Å². The number of Topliss-reactive ketones (excluding diaryl/α,β-unsaturated/α-hetero) is 1. The molecule has 1 fully saturated rings. The number of benzene rings is 1. The fraction of sp³-hybridized carbons (Fsp3) is 0.622. The minimum atomic E-state index is -0.915. The van der Waals surface area contributed by atoms with Gasteiger partial charge in [0.1, 0.15) is 11.8 Å². The monoisotopic (exact) mass is 620 g/mol. The summed E-state index contributed by atoms with van der Waals surface area (Å²) in [6.45, 7) is 13.8. The van der Waals surface area contributed by atoms with Crippen LogP contribution in [-0.4, -0.2) is 50.9 Å². The van der Waals surface area contributed by atoms with E-state index in [2.05, 4.69) is 41.0 Å². The lowest BCUT2D eigenvalue weighted by Gasteiger charge is -2.33. The number of ketones is 1. The second-order valence-electron chi connectivity index (χ2n) is 14.4. The number of aliphatic hydroxyl groups excluding tert-OH is 1. The predicted octanol–water partition coefficient (Wildman–Crippen LogP) is 5.97. The Morgan fingerprint density at radius 3 is 2.31 bits per heavy atom. The number of rotatable bonds is 17. The maximum atomic E-state index is 14.1. The van der Waals surface area contributed by atoms with Gasteiger partial charge in [-0.25, -0.2) is 4.98 Å². The van der Waals surface area contributed by atoms with Crippen LogP contribution in [0, 0.1) is 29.1 Å². The van der Waals surface area contributed by atoms with Gasteiger partial charge in [0.05, 0.1) is 18.5 Å². The molecule has 0 radical (unpaired) electrons. The molecule has 248 valence electrons. The topological polar surface area (TPSA) is 124 Å². The first-order valence-electron chi connectivity index (χ1n) is 16.8. The summed E-state index contributed by atoms with van der Waals surface area (Å²) in [5.74, 6) is -0.479. The molecule has 1 aliphatic carbocycles. The molecule has 0 spiro atoms. The summed E-state index contributed by atoms with van der Waals surface area (Å²) >= 11 is 0. The van der Waals surface area contributed by atoms with Gasteiger partial charge in [-0.3, -0.25) is 14.4 Å². The first-order valence-corrected chi connectivity index (χ1v) is 16.8. The predicted molar refractivity (Wildman–Crippen MR) is 179 cm³/mol. The summed E-state index contributed by atoms with van der Waals surface area (Å²) in [5, 5.41) is 17.6. The largest absolute Gasteiger partial charge is 0.391 e. The molecule has 2 amide bonds. The average Bonchev–Trinajstić information content (AvgIpc) is 3.52. The summed E-state index contributed by atoms with van der Waals surface area (Å²) in [7, 11) is 0. The van der Waals surface area contributed by atoms with Crippen molar-refractivity contribution in [3.8, 4) is 0 Å². The van der Waals surface area contributed by atoms with Crippen LogP contribution in [0.1, 0.15) is 97.2 Å². The van der Waals surface area contributed by atoms with Crippen LogP contribution in [-0.2, 0) is 27.2 Å². The lowest BCUT2D eigenvalue weighted by atomic mass is 9.81. The molecule has 2 aromatic rings. The third-order valence-corrected chi connectivity index (χ3v) is 9.35. The van der Waals surface area contributed by atoms with E-state index in [0.29, 0.717) is 36.8 Å². The molecule has 3 rings (SSSR count). The quantitative estimate of drug-likeness (QED) is 0.162. The number of carbonyl (C=O) groups is 3. The van der Waals surface area contributed by atoms with E-state index in [1.54, 1.807) is 12.5 Å². The van der Waals surface area contributed by atoms with E-state index in [1.807, 2.05) is 57.2 Å². The van der Waals surface area contributed by atoms with Crippen molar-refractivity contribution < 1.29 is 19.5 Å². The fourth-order valence-corrected chi connectivity index (χ4v) is 6.26. The minimum Gasteiger partial charge on any atom is -0.391 e. The van der Waals surface area contributed by atoms with E-state index in [4.69, 9.17) is 0 Å². The number of aromatic amines is 1. The van der Waals surface area contributed by atoms with E-state index in [1.165, 1.54) is 6.42 Å². The van der Waals surface area contributed by atoms with E-state index >= 15 is 0 Å². The fourth-order valence-electron chi connectivity index (χ4n) is 6.26. The van der Waals surface area contributed by atoms with Crippen molar-refractivity contribution in [1.82, 2.24) is 20.6 Å². The molecule has 1 saturated carbocycles. The van der Waals surface area contributed by atoms with Crippen molar-refractivity contribution in [2.45, 2.75) is 117 Å². The van der Waals surface area contributed by atoms with Gasteiger partial charge < -0.3 is 20.7 Å². The highest BCUT2D eigenvalue weighted by atomic mass is 16.3. The zero-order chi connectivity index (χ0) is 33.0. The molecular formula is C37H56N4O4. The highest BCUT2D eigenvalue weighted by molar-refractivity contribution is 5.92. The molecule has 45 heavy (non-hydrogen) atoms. The van der Waals surface area contributed by atoms with Crippen LogP contribution < -0.4 is 10.6 Å². The number of aliphatic hydroxyl groups is 1. The highest BCUT2D eigenvalue weighted by Crippen LogP contribution is 2.30. The van der Waals surface area contributed by atoms with Crippen molar-refractivity contribution in [3.63, 3.8) is 0 Å². The zero-order valence-corrected chi connectivity index (χ0v) is 28.1. The number of hydrogen-bond acceptors (Lipinski definition) is 5. The van der Waals surface area contributed by atoms with Crippen molar-refractivity contribution in [2.24, 2.45) is 29.1 Å². The Hall–Kier alpha value is -3.26. The Labute approximate surface area is 270 Å². The smallest absolute Gasteiger partial charge is 0.243 e. The molecule has 8 nitrogen and oxygen atoms in total. The van der Waals surface area contributed by atoms with Crippen LogP contribution in [0.3, 0.4) is 0 Å². The molecule has 8 heteroatoms. The molecule has 1 heterocycles. The number of imidazole rings is 1. The first kappa shape index (κ1) is 36.2. The number of allylic oxidation sites excluding steroid dienone is 1. The molecule has 4 N–H and O–H groups in total. The highest BCUT2D eigenvalue weighted by Gasteiger charge is 2.34. The third kappa shape index (κ3) is 11.9. The molecule has 0 unspecified atom stereocenters. The number of nitrogens with zero attached hydrogens (tertiary/aromatic N) is 1. The van der Waals surface area contributed by atoms with Crippen LogP contribution in [0.2, 0.25) is 0 Å². The first-order chi connectivity index (χ1) is 21.4. The van der Waals surface area contributed by atoms with E-state index in [0.717, 1.165) is 31.2 Å². The van der Waals surface area contributed by atoms with Crippen LogP contribution in [0.15, 0.2) is 55.5 Å². The lowest BCUT2D eigenvalue weighted by Crippen LogP contribution is -2.55. The SMILES string of the molecule is C=C[C@@H](C[C@H](O)[C@H](CC1CCCCC1)NC(=O)[C@H](Cc1cnc[nH]1)NC(=O)[C@@H](CC(=O)C(C)(C)C)Cc1ccccc1)C(C)C. The second-order valence-corrected chi connectivity index (χ2v) is 14.4. The number of aromatic nitrogens is 2. The third-order valence-electron chi connectivity index (χ3n) is 9.35. The van der Waals surface area contributed by atoms with Crippen LogP contribution >= 0.6 is 0 Å². The van der Waals surface area contributed by atoms with Gasteiger partial charge in [0.2, 0.25) is 11.8 Å². The second kappa shape index (κ2) is 17.4.